The third-order valence-electron chi connectivity index (χ3n) is 5.34. The van der Waals surface area contributed by atoms with Gasteiger partial charge in [-0.05, 0) is 42.7 Å². The summed E-state index contributed by atoms with van der Waals surface area (Å²) in [5, 5.41) is 19.5. The maximum atomic E-state index is 12.3. The summed E-state index contributed by atoms with van der Waals surface area (Å²) >= 11 is 1.20. The zero-order chi connectivity index (χ0) is 22.9. The summed E-state index contributed by atoms with van der Waals surface area (Å²) in [6.45, 7) is 2.41. The van der Waals surface area contributed by atoms with Crippen molar-refractivity contribution in [3.63, 3.8) is 0 Å². The van der Waals surface area contributed by atoms with E-state index in [-0.39, 0.29) is 17.9 Å². The number of likely N-dealkylation sites (tertiary alicyclic amines) is 1. The molecule has 1 aromatic carbocycles. The number of carbonyl (C=O) groups excluding carboxylic acids is 1. The molecule has 1 aromatic heterocycles. The second kappa shape index (κ2) is 11.5. The average Bonchev–Trinajstić information content (AvgIpc) is 3.40. The quantitative estimate of drug-likeness (QED) is 0.461. The van der Waals surface area contributed by atoms with E-state index in [0.29, 0.717) is 24.3 Å². The maximum Gasteiger partial charge on any atom is 0.345 e. The molecule has 3 unspecified atom stereocenters. The van der Waals surface area contributed by atoms with Gasteiger partial charge in [0.05, 0.1) is 12.1 Å². The number of carboxylic acid groups (broad SMARTS) is 1. The van der Waals surface area contributed by atoms with Gasteiger partial charge in [-0.25, -0.2) is 4.79 Å². The highest BCUT2D eigenvalue weighted by atomic mass is 32.1. The summed E-state index contributed by atoms with van der Waals surface area (Å²) in [5.74, 6) is 5.36. The van der Waals surface area contributed by atoms with E-state index >= 15 is 0 Å². The fraction of sp³-hybridized carbons (Fsp3) is 0.308. The number of amides is 1. The van der Waals surface area contributed by atoms with Gasteiger partial charge in [0.25, 0.3) is 0 Å². The van der Waals surface area contributed by atoms with Gasteiger partial charge in [0, 0.05) is 29.8 Å². The van der Waals surface area contributed by atoms with Crippen LogP contribution in [0.2, 0.25) is 0 Å². The minimum atomic E-state index is -0.937. The van der Waals surface area contributed by atoms with E-state index in [1.807, 2.05) is 55.5 Å². The fourth-order valence-electron chi connectivity index (χ4n) is 3.42. The Hall–Kier alpha value is -3.14. The highest BCUT2D eigenvalue weighted by molar-refractivity contribution is 7.14. The number of carboxylic acids is 1. The number of rotatable bonds is 8. The molecule has 2 heterocycles. The van der Waals surface area contributed by atoms with E-state index in [4.69, 9.17) is 5.11 Å². The summed E-state index contributed by atoms with van der Waals surface area (Å²) in [5.41, 5.74) is 0.958. The molecule has 0 spiro atoms. The lowest BCUT2D eigenvalue weighted by Gasteiger charge is -2.21. The molecule has 5 nitrogen and oxygen atoms in total. The lowest BCUT2D eigenvalue weighted by molar-refractivity contribution is -0.127. The predicted octanol–water partition coefficient (Wildman–Crippen LogP) is 4.45. The van der Waals surface area contributed by atoms with E-state index < -0.39 is 12.1 Å². The summed E-state index contributed by atoms with van der Waals surface area (Å²) in [4.78, 5) is 26.2. The Morgan fingerprint density at radius 1 is 1.28 bits per heavy atom. The maximum absolute atomic E-state index is 12.3. The van der Waals surface area contributed by atoms with Gasteiger partial charge >= 0.3 is 5.97 Å². The average molecular weight is 450 g/mol. The molecule has 6 heteroatoms. The van der Waals surface area contributed by atoms with Crippen LogP contribution in [0.1, 0.15) is 46.3 Å². The Labute approximate surface area is 192 Å². The van der Waals surface area contributed by atoms with Crippen LogP contribution in [-0.4, -0.2) is 45.7 Å². The molecular weight excluding hydrogens is 422 g/mol. The van der Waals surface area contributed by atoms with Crippen LogP contribution in [0.4, 0.5) is 0 Å². The summed E-state index contributed by atoms with van der Waals surface area (Å²) < 4.78 is 0. The van der Waals surface area contributed by atoms with Crippen molar-refractivity contribution < 1.29 is 19.8 Å². The van der Waals surface area contributed by atoms with Crippen molar-refractivity contribution >= 4 is 29.3 Å². The van der Waals surface area contributed by atoms with Crippen LogP contribution in [-0.2, 0) is 4.79 Å². The van der Waals surface area contributed by atoms with Crippen molar-refractivity contribution in [2.24, 2.45) is 5.92 Å². The minimum Gasteiger partial charge on any atom is -0.477 e. The minimum absolute atomic E-state index is 0.0184. The van der Waals surface area contributed by atoms with Gasteiger partial charge in [0.1, 0.15) is 4.88 Å². The van der Waals surface area contributed by atoms with Crippen molar-refractivity contribution in [2.45, 2.75) is 38.3 Å². The molecule has 1 aliphatic heterocycles. The van der Waals surface area contributed by atoms with Crippen LogP contribution in [0.25, 0.3) is 6.08 Å². The smallest absolute Gasteiger partial charge is 0.345 e. The first-order chi connectivity index (χ1) is 15.4. The molecule has 166 valence electrons. The standard InChI is InChI=1S/C26H27NO4S/c1-19(7-5-10-20-8-3-2-4-9-20)23(28)15-12-21-13-17-25(29)27(21)18-6-11-22-14-16-24(32-22)26(30)31/h2-4,6,8-9,11-12,14-16,19,21,23,28H,7,13,17-18H2,1H3,(H,30,31)/b11-6-,15-12+. The molecule has 0 aliphatic carbocycles. The first kappa shape index (κ1) is 23.5. The Bertz CT molecular complexity index is 1040. The number of aliphatic hydroxyl groups is 1. The molecule has 1 amide bonds. The molecule has 1 fully saturated rings. The highest BCUT2D eigenvalue weighted by Gasteiger charge is 2.28. The third-order valence-corrected chi connectivity index (χ3v) is 6.38. The van der Waals surface area contributed by atoms with Gasteiger partial charge in [-0.3, -0.25) is 4.79 Å². The predicted molar refractivity (Wildman–Crippen MR) is 127 cm³/mol. The summed E-state index contributed by atoms with van der Waals surface area (Å²) in [7, 11) is 0. The van der Waals surface area contributed by atoms with Gasteiger partial charge in [-0.2, -0.15) is 0 Å². The molecule has 32 heavy (non-hydrogen) atoms. The molecule has 0 radical (unpaired) electrons. The number of aliphatic hydroxyl groups excluding tert-OH is 1. The van der Waals surface area contributed by atoms with E-state index in [2.05, 4.69) is 11.8 Å². The first-order valence-corrected chi connectivity index (χ1v) is 11.4. The van der Waals surface area contributed by atoms with E-state index in [1.165, 1.54) is 11.3 Å². The summed E-state index contributed by atoms with van der Waals surface area (Å²) in [6.07, 6.45) is 8.56. The number of thiophene rings is 1. The van der Waals surface area contributed by atoms with Crippen molar-refractivity contribution in [3.8, 4) is 11.8 Å². The fourth-order valence-corrected chi connectivity index (χ4v) is 4.20. The first-order valence-electron chi connectivity index (χ1n) is 10.6. The Morgan fingerprint density at radius 3 is 2.78 bits per heavy atom. The number of hydrogen-bond donors (Lipinski definition) is 2. The highest BCUT2D eigenvalue weighted by Crippen LogP contribution is 2.22. The zero-order valence-corrected chi connectivity index (χ0v) is 18.8. The van der Waals surface area contributed by atoms with E-state index in [0.717, 1.165) is 16.9 Å². The van der Waals surface area contributed by atoms with Crippen LogP contribution < -0.4 is 0 Å². The molecule has 3 rings (SSSR count). The molecule has 1 aliphatic rings. The second-order valence-electron chi connectivity index (χ2n) is 7.79. The Balaban J connectivity index is 1.52. The van der Waals surface area contributed by atoms with Crippen molar-refractivity contribution in [1.82, 2.24) is 4.90 Å². The second-order valence-corrected chi connectivity index (χ2v) is 8.90. The van der Waals surface area contributed by atoms with Crippen molar-refractivity contribution in [2.75, 3.05) is 6.54 Å². The van der Waals surface area contributed by atoms with Crippen LogP contribution in [0.15, 0.2) is 60.7 Å². The molecule has 1 saturated heterocycles. The van der Waals surface area contributed by atoms with E-state index in [1.54, 1.807) is 23.1 Å². The van der Waals surface area contributed by atoms with Crippen LogP contribution in [0.5, 0.6) is 0 Å². The lowest BCUT2D eigenvalue weighted by atomic mass is 9.99. The Kier molecular flexibility index (Phi) is 8.43. The summed E-state index contributed by atoms with van der Waals surface area (Å²) in [6, 6.07) is 13.0. The molecule has 2 N–H and O–H groups in total. The van der Waals surface area contributed by atoms with Crippen LogP contribution in [0.3, 0.4) is 0 Å². The molecule has 2 aromatic rings. The van der Waals surface area contributed by atoms with Crippen molar-refractivity contribution in [1.29, 1.82) is 0 Å². The topological polar surface area (TPSA) is 77.8 Å². The van der Waals surface area contributed by atoms with Gasteiger partial charge < -0.3 is 15.1 Å². The zero-order valence-electron chi connectivity index (χ0n) is 18.0. The monoisotopic (exact) mass is 449 g/mol. The molecular formula is C26H27NO4S. The number of nitrogens with zero attached hydrogens (tertiary/aromatic N) is 1. The van der Waals surface area contributed by atoms with Gasteiger partial charge in [-0.1, -0.05) is 55.2 Å². The number of aromatic carboxylic acids is 1. The largest absolute Gasteiger partial charge is 0.477 e. The third kappa shape index (κ3) is 6.68. The van der Waals surface area contributed by atoms with Gasteiger partial charge in [-0.15, -0.1) is 11.3 Å². The van der Waals surface area contributed by atoms with Crippen LogP contribution in [0, 0.1) is 17.8 Å². The van der Waals surface area contributed by atoms with E-state index in [9.17, 15) is 14.7 Å². The van der Waals surface area contributed by atoms with Crippen molar-refractivity contribution in [3.05, 3.63) is 76.0 Å². The molecule has 0 saturated carbocycles. The Morgan fingerprint density at radius 2 is 2.06 bits per heavy atom. The number of benzene rings is 1. The van der Waals surface area contributed by atoms with Gasteiger partial charge in [0.15, 0.2) is 0 Å². The molecule has 3 atom stereocenters. The number of hydrogen-bond acceptors (Lipinski definition) is 4. The lowest BCUT2D eigenvalue weighted by Crippen LogP contribution is -2.32. The molecule has 0 bridgehead atoms. The van der Waals surface area contributed by atoms with Crippen LogP contribution >= 0.6 is 11.3 Å². The SMILES string of the molecule is CC(CC#Cc1ccccc1)C(O)/C=C/C1CCC(=O)N1C/C=C\c1ccc(C(=O)O)s1. The number of carbonyl (C=O) groups is 2. The normalized spacial score (nSPS) is 18.1. The van der Waals surface area contributed by atoms with Gasteiger partial charge in [0.2, 0.25) is 5.91 Å².